The van der Waals surface area contributed by atoms with Gasteiger partial charge in [0.15, 0.2) is 0 Å². The summed E-state index contributed by atoms with van der Waals surface area (Å²) in [7, 11) is 0. The molecule has 0 aliphatic heterocycles. The second kappa shape index (κ2) is 9.77. The average Bonchev–Trinajstić information content (AvgIpc) is 2.79. The number of aromatic nitrogens is 2. The molecule has 1 aliphatic rings. The molecule has 2 heterocycles. The summed E-state index contributed by atoms with van der Waals surface area (Å²) >= 11 is 6.42. The minimum absolute atomic E-state index is 0.221. The van der Waals surface area contributed by atoms with Gasteiger partial charge in [-0.05, 0) is 54.3 Å². The molecule has 0 spiro atoms. The molecule has 1 aromatic carbocycles. The number of anilines is 2. The maximum atomic E-state index is 12.9. The highest BCUT2D eigenvalue weighted by Crippen LogP contribution is 2.32. The molecule has 1 aliphatic carbocycles. The Balaban J connectivity index is 1.48. The first-order valence-corrected chi connectivity index (χ1v) is 11.0. The molecule has 4 nitrogen and oxygen atoms in total. The van der Waals surface area contributed by atoms with E-state index >= 15 is 0 Å². The van der Waals surface area contributed by atoms with Crippen molar-refractivity contribution >= 4 is 23.2 Å². The first kappa shape index (κ1) is 22.4. The van der Waals surface area contributed by atoms with Crippen LogP contribution in [0.4, 0.5) is 24.8 Å². The summed E-state index contributed by atoms with van der Waals surface area (Å²) in [5.41, 5.74) is 1.53. The molecule has 0 atom stereocenters. The van der Waals surface area contributed by atoms with Crippen LogP contribution in [-0.2, 0) is 12.7 Å². The highest BCUT2D eigenvalue weighted by molar-refractivity contribution is 6.33. The standard InChI is InChI=1S/C24H24ClF3N4/c25-21-15-31-23(32-19-7-2-1-3-8-19)13-20(21)17-9-10-29-22(12-17)30-14-16-5-4-6-18(11-16)24(26,27)28/h4-6,9-13,15,19H,1-3,7-8,14H2,(H,29,30)(H,31,32). The number of hydrogen-bond donors (Lipinski definition) is 2. The SMILES string of the molecule is FC(F)(F)c1cccc(CNc2cc(-c3cc(NC4CCCCC4)ncc3Cl)ccn2)c1. The monoisotopic (exact) mass is 460 g/mol. The summed E-state index contributed by atoms with van der Waals surface area (Å²) in [6, 6.07) is 11.3. The van der Waals surface area contributed by atoms with E-state index in [0.717, 1.165) is 41.9 Å². The summed E-state index contributed by atoms with van der Waals surface area (Å²) in [5, 5.41) is 7.12. The first-order chi connectivity index (χ1) is 15.4. The van der Waals surface area contributed by atoms with Crippen LogP contribution in [0.3, 0.4) is 0 Å². The van der Waals surface area contributed by atoms with Crippen LogP contribution >= 0.6 is 11.6 Å². The Bertz CT molecular complexity index is 1070. The van der Waals surface area contributed by atoms with Gasteiger partial charge < -0.3 is 10.6 Å². The van der Waals surface area contributed by atoms with Gasteiger partial charge in [0.25, 0.3) is 0 Å². The lowest BCUT2D eigenvalue weighted by molar-refractivity contribution is -0.137. The number of halogens is 4. The Hall–Kier alpha value is -2.80. The second-order valence-electron chi connectivity index (χ2n) is 8.01. The molecular weight excluding hydrogens is 437 g/mol. The lowest BCUT2D eigenvalue weighted by Crippen LogP contribution is -2.22. The molecule has 3 aromatic rings. The fraction of sp³-hybridized carbons (Fsp3) is 0.333. The minimum atomic E-state index is -4.37. The second-order valence-corrected chi connectivity index (χ2v) is 8.42. The third kappa shape index (κ3) is 5.71. The molecule has 32 heavy (non-hydrogen) atoms. The molecule has 2 aromatic heterocycles. The highest BCUT2D eigenvalue weighted by atomic mass is 35.5. The molecule has 0 unspecified atom stereocenters. The van der Waals surface area contributed by atoms with Gasteiger partial charge in [0.2, 0.25) is 0 Å². The van der Waals surface area contributed by atoms with Gasteiger partial charge in [0.1, 0.15) is 11.6 Å². The molecule has 0 amide bonds. The van der Waals surface area contributed by atoms with Crippen molar-refractivity contribution in [1.82, 2.24) is 9.97 Å². The van der Waals surface area contributed by atoms with Gasteiger partial charge >= 0.3 is 6.18 Å². The number of alkyl halides is 3. The van der Waals surface area contributed by atoms with Gasteiger partial charge in [-0.25, -0.2) is 9.97 Å². The van der Waals surface area contributed by atoms with E-state index in [1.54, 1.807) is 18.5 Å². The largest absolute Gasteiger partial charge is 0.416 e. The van der Waals surface area contributed by atoms with Crippen LogP contribution < -0.4 is 10.6 Å². The number of pyridine rings is 2. The maximum Gasteiger partial charge on any atom is 0.416 e. The average molecular weight is 461 g/mol. The summed E-state index contributed by atoms with van der Waals surface area (Å²) < 4.78 is 38.8. The predicted octanol–water partition coefficient (Wildman–Crippen LogP) is 7.17. The highest BCUT2D eigenvalue weighted by Gasteiger charge is 2.30. The van der Waals surface area contributed by atoms with E-state index in [1.807, 2.05) is 18.2 Å². The predicted molar refractivity (Wildman–Crippen MR) is 122 cm³/mol. The number of benzene rings is 1. The molecule has 8 heteroatoms. The third-order valence-electron chi connectivity index (χ3n) is 5.61. The van der Waals surface area contributed by atoms with Gasteiger partial charge in [-0.3, -0.25) is 0 Å². The van der Waals surface area contributed by atoms with E-state index in [4.69, 9.17) is 11.6 Å². The Morgan fingerprint density at radius 1 is 0.969 bits per heavy atom. The van der Waals surface area contributed by atoms with Crippen molar-refractivity contribution in [3.05, 3.63) is 71.0 Å². The van der Waals surface area contributed by atoms with Gasteiger partial charge in [0, 0.05) is 30.5 Å². The van der Waals surface area contributed by atoms with Crippen LogP contribution in [0.2, 0.25) is 5.02 Å². The minimum Gasteiger partial charge on any atom is -0.367 e. The number of hydrogen-bond acceptors (Lipinski definition) is 4. The zero-order valence-corrected chi connectivity index (χ0v) is 18.2. The molecule has 0 bridgehead atoms. The molecule has 0 radical (unpaired) electrons. The van der Waals surface area contributed by atoms with E-state index in [1.165, 1.54) is 25.3 Å². The Morgan fingerprint density at radius 2 is 1.78 bits per heavy atom. The Kier molecular flexibility index (Phi) is 6.84. The molecular formula is C24H24ClF3N4. The molecule has 168 valence electrons. The maximum absolute atomic E-state index is 12.9. The zero-order valence-electron chi connectivity index (χ0n) is 17.4. The van der Waals surface area contributed by atoms with Gasteiger partial charge in [-0.15, -0.1) is 0 Å². The van der Waals surface area contributed by atoms with E-state index in [2.05, 4.69) is 20.6 Å². The van der Waals surface area contributed by atoms with Crippen LogP contribution in [0, 0.1) is 0 Å². The topological polar surface area (TPSA) is 49.8 Å². The molecule has 2 N–H and O–H groups in total. The number of nitrogens with zero attached hydrogens (tertiary/aromatic N) is 2. The normalized spacial score (nSPS) is 14.9. The van der Waals surface area contributed by atoms with Crippen molar-refractivity contribution in [3.63, 3.8) is 0 Å². The molecule has 1 fully saturated rings. The number of nitrogens with one attached hydrogen (secondary N) is 2. The van der Waals surface area contributed by atoms with E-state index in [0.29, 0.717) is 22.4 Å². The Morgan fingerprint density at radius 3 is 2.56 bits per heavy atom. The van der Waals surface area contributed by atoms with E-state index in [-0.39, 0.29) is 6.54 Å². The molecule has 1 saturated carbocycles. The van der Waals surface area contributed by atoms with Crippen molar-refractivity contribution in [2.75, 3.05) is 10.6 Å². The number of rotatable bonds is 6. The van der Waals surface area contributed by atoms with Crippen molar-refractivity contribution in [2.24, 2.45) is 0 Å². The molecule has 4 rings (SSSR count). The van der Waals surface area contributed by atoms with E-state index < -0.39 is 11.7 Å². The van der Waals surface area contributed by atoms with Crippen molar-refractivity contribution in [1.29, 1.82) is 0 Å². The fourth-order valence-corrected chi connectivity index (χ4v) is 4.15. The van der Waals surface area contributed by atoms with Crippen LogP contribution in [0.5, 0.6) is 0 Å². The smallest absolute Gasteiger partial charge is 0.367 e. The lowest BCUT2D eigenvalue weighted by atomic mass is 9.95. The van der Waals surface area contributed by atoms with Crippen molar-refractivity contribution in [2.45, 2.75) is 50.9 Å². The summed E-state index contributed by atoms with van der Waals surface area (Å²) in [6.07, 6.45) is 4.93. The Labute approximate surface area is 190 Å². The van der Waals surface area contributed by atoms with Crippen molar-refractivity contribution < 1.29 is 13.2 Å². The summed E-state index contributed by atoms with van der Waals surface area (Å²) in [6.45, 7) is 0.221. The van der Waals surface area contributed by atoms with Crippen LogP contribution in [0.15, 0.2) is 54.9 Å². The third-order valence-corrected chi connectivity index (χ3v) is 5.91. The summed E-state index contributed by atoms with van der Waals surface area (Å²) in [5.74, 6) is 1.33. The fourth-order valence-electron chi connectivity index (χ4n) is 3.94. The first-order valence-electron chi connectivity index (χ1n) is 10.7. The van der Waals surface area contributed by atoms with Crippen molar-refractivity contribution in [3.8, 4) is 11.1 Å². The van der Waals surface area contributed by atoms with Crippen LogP contribution in [-0.4, -0.2) is 16.0 Å². The van der Waals surface area contributed by atoms with Gasteiger partial charge in [0.05, 0.1) is 10.6 Å². The molecule has 0 saturated heterocycles. The van der Waals surface area contributed by atoms with Gasteiger partial charge in [-0.2, -0.15) is 13.2 Å². The lowest BCUT2D eigenvalue weighted by Gasteiger charge is -2.23. The van der Waals surface area contributed by atoms with Crippen LogP contribution in [0.1, 0.15) is 43.2 Å². The zero-order chi connectivity index (χ0) is 22.6. The van der Waals surface area contributed by atoms with Gasteiger partial charge in [-0.1, -0.05) is 43.0 Å². The van der Waals surface area contributed by atoms with Crippen LogP contribution in [0.25, 0.3) is 11.1 Å². The van der Waals surface area contributed by atoms with E-state index in [9.17, 15) is 13.2 Å². The quantitative estimate of drug-likeness (QED) is 0.409. The summed E-state index contributed by atoms with van der Waals surface area (Å²) in [4.78, 5) is 8.71.